The number of halogens is 1. The Morgan fingerprint density at radius 1 is 1.09 bits per heavy atom. The van der Waals surface area contributed by atoms with Crippen molar-refractivity contribution in [1.29, 1.82) is 0 Å². The third-order valence-electron chi connectivity index (χ3n) is 5.42. The van der Waals surface area contributed by atoms with Crippen LogP contribution in [-0.4, -0.2) is 39.3 Å². The molecule has 0 radical (unpaired) electrons. The Bertz CT molecular complexity index is 1310. The van der Waals surface area contributed by atoms with Crippen molar-refractivity contribution in [3.8, 4) is 16.9 Å². The van der Waals surface area contributed by atoms with Gasteiger partial charge in [0.25, 0.3) is 0 Å². The van der Waals surface area contributed by atoms with Gasteiger partial charge in [-0.15, -0.1) is 0 Å². The summed E-state index contributed by atoms with van der Waals surface area (Å²) < 4.78 is 21.7. The van der Waals surface area contributed by atoms with Gasteiger partial charge in [0.05, 0.1) is 24.1 Å². The lowest BCUT2D eigenvalue weighted by Gasteiger charge is -2.14. The van der Waals surface area contributed by atoms with E-state index in [4.69, 9.17) is 4.74 Å². The number of hydrogen-bond acceptors (Lipinski definition) is 5. The van der Waals surface area contributed by atoms with Gasteiger partial charge in [-0.05, 0) is 30.3 Å². The molecule has 8 heteroatoms. The van der Waals surface area contributed by atoms with Crippen molar-refractivity contribution >= 4 is 17.6 Å². The van der Waals surface area contributed by atoms with Gasteiger partial charge in [-0.1, -0.05) is 36.4 Å². The summed E-state index contributed by atoms with van der Waals surface area (Å²) in [6.45, 7) is 0.168. The lowest BCUT2D eigenvalue weighted by molar-refractivity contribution is 0.0889. The van der Waals surface area contributed by atoms with Crippen LogP contribution in [0.5, 0.6) is 0 Å². The third kappa shape index (κ3) is 4.23. The van der Waals surface area contributed by atoms with Crippen molar-refractivity contribution in [2.75, 3.05) is 11.4 Å². The lowest BCUT2D eigenvalue weighted by atomic mass is 10.1. The molecule has 2 aromatic carbocycles. The molecule has 7 nitrogen and oxygen atoms in total. The summed E-state index contributed by atoms with van der Waals surface area (Å²) in [5.41, 5.74) is 2.65. The summed E-state index contributed by atoms with van der Waals surface area (Å²) in [4.78, 5) is 30.4. The Labute approximate surface area is 189 Å². The number of aromatic nitrogens is 3. The monoisotopic (exact) mass is 442 g/mol. The van der Waals surface area contributed by atoms with Crippen LogP contribution in [0.25, 0.3) is 16.9 Å². The summed E-state index contributed by atoms with van der Waals surface area (Å²) in [6, 6.07) is 18.8. The van der Waals surface area contributed by atoms with Crippen LogP contribution in [0.4, 0.5) is 14.9 Å². The van der Waals surface area contributed by atoms with Gasteiger partial charge in [0.2, 0.25) is 0 Å². The predicted octanol–water partition coefficient (Wildman–Crippen LogP) is 4.67. The standard InChI is InChI=1S/C25H19FN4O3/c26-21-12-19(9-10-23(21)30-15-18(14-28-30)22-8-4-5-11-27-22)29-16-20(33-25(29)32)13-24(31)17-6-2-1-3-7-17/h1-12,14-15,20H,13,16H2/t20-/m0/s1. The molecular weight excluding hydrogens is 423 g/mol. The number of carbonyl (C=O) groups excluding carboxylic acids is 2. The highest BCUT2D eigenvalue weighted by Gasteiger charge is 2.34. The van der Waals surface area contributed by atoms with Crippen molar-refractivity contribution in [2.45, 2.75) is 12.5 Å². The first kappa shape index (κ1) is 20.6. The molecule has 4 aromatic rings. The zero-order valence-corrected chi connectivity index (χ0v) is 17.5. The van der Waals surface area contributed by atoms with E-state index in [-0.39, 0.29) is 24.4 Å². The van der Waals surface area contributed by atoms with Gasteiger partial charge in [0.1, 0.15) is 11.8 Å². The van der Waals surface area contributed by atoms with Crippen molar-refractivity contribution in [3.05, 3.63) is 96.7 Å². The zero-order valence-electron chi connectivity index (χ0n) is 17.5. The van der Waals surface area contributed by atoms with Gasteiger partial charge in [-0.2, -0.15) is 5.10 Å². The molecule has 0 saturated carbocycles. The van der Waals surface area contributed by atoms with Gasteiger partial charge in [-0.3, -0.25) is 14.7 Å². The fraction of sp³-hybridized carbons (Fsp3) is 0.120. The zero-order chi connectivity index (χ0) is 22.8. The number of ketones is 1. The third-order valence-corrected chi connectivity index (χ3v) is 5.42. The van der Waals surface area contributed by atoms with Crippen LogP contribution in [0.3, 0.4) is 0 Å². The summed E-state index contributed by atoms with van der Waals surface area (Å²) in [7, 11) is 0. The molecule has 0 spiro atoms. The molecule has 0 N–H and O–H groups in total. The quantitative estimate of drug-likeness (QED) is 0.406. The number of cyclic esters (lactones) is 1. The number of carbonyl (C=O) groups is 2. The Morgan fingerprint density at radius 2 is 1.91 bits per heavy atom. The first-order valence-corrected chi connectivity index (χ1v) is 10.4. The molecule has 1 aliphatic rings. The summed E-state index contributed by atoms with van der Waals surface area (Å²) in [6.07, 6.45) is 3.84. The number of hydrogen-bond donors (Lipinski definition) is 0. The Kier molecular flexibility index (Phi) is 5.40. The largest absolute Gasteiger partial charge is 0.443 e. The summed E-state index contributed by atoms with van der Waals surface area (Å²) in [5, 5.41) is 4.23. The molecule has 0 unspecified atom stereocenters. The summed E-state index contributed by atoms with van der Waals surface area (Å²) >= 11 is 0. The molecule has 5 rings (SSSR count). The van der Waals surface area contributed by atoms with Gasteiger partial charge in [0, 0.05) is 29.9 Å². The first-order chi connectivity index (χ1) is 16.1. The molecule has 1 saturated heterocycles. The van der Waals surface area contributed by atoms with Gasteiger partial charge >= 0.3 is 6.09 Å². The molecule has 33 heavy (non-hydrogen) atoms. The smallest absolute Gasteiger partial charge is 0.414 e. The van der Waals surface area contributed by atoms with Crippen molar-refractivity contribution in [3.63, 3.8) is 0 Å². The number of pyridine rings is 1. The highest BCUT2D eigenvalue weighted by Crippen LogP contribution is 2.27. The molecule has 1 aliphatic heterocycles. The Morgan fingerprint density at radius 3 is 2.67 bits per heavy atom. The molecule has 2 aromatic heterocycles. The van der Waals surface area contributed by atoms with E-state index >= 15 is 0 Å². The van der Waals surface area contributed by atoms with E-state index < -0.39 is 18.0 Å². The lowest BCUT2D eigenvalue weighted by Crippen LogP contribution is -2.25. The highest BCUT2D eigenvalue weighted by molar-refractivity contribution is 5.97. The van der Waals surface area contributed by atoms with Crippen LogP contribution in [0, 0.1) is 5.82 Å². The van der Waals surface area contributed by atoms with E-state index in [2.05, 4.69) is 10.1 Å². The van der Waals surface area contributed by atoms with Gasteiger partial charge < -0.3 is 4.74 Å². The number of ether oxygens (including phenoxy) is 1. The minimum absolute atomic E-state index is 0.0659. The van der Waals surface area contributed by atoms with Crippen LogP contribution in [0.2, 0.25) is 0 Å². The van der Waals surface area contributed by atoms with Crippen LogP contribution in [0.15, 0.2) is 85.3 Å². The first-order valence-electron chi connectivity index (χ1n) is 10.4. The van der Waals surface area contributed by atoms with E-state index in [0.717, 1.165) is 11.3 Å². The number of anilines is 1. The number of nitrogens with zero attached hydrogens (tertiary/aromatic N) is 4. The maximum Gasteiger partial charge on any atom is 0.414 e. The van der Waals surface area contributed by atoms with E-state index in [1.54, 1.807) is 55.0 Å². The molecule has 0 bridgehead atoms. The maximum atomic E-state index is 14.9. The molecule has 1 atom stereocenters. The van der Waals surface area contributed by atoms with Crippen molar-refractivity contribution < 1.29 is 18.7 Å². The second kappa shape index (κ2) is 8.66. The SMILES string of the molecule is O=C(C[C@H]1CN(c2ccc(-n3cc(-c4ccccn4)cn3)c(F)c2)C(=O)O1)c1ccccc1. The van der Waals surface area contributed by atoms with Gasteiger partial charge in [-0.25, -0.2) is 13.9 Å². The van der Waals surface area contributed by atoms with E-state index in [1.165, 1.54) is 15.6 Å². The minimum atomic E-state index is -0.607. The number of benzene rings is 2. The van der Waals surface area contributed by atoms with E-state index in [9.17, 15) is 14.0 Å². The van der Waals surface area contributed by atoms with E-state index in [0.29, 0.717) is 11.3 Å². The maximum absolute atomic E-state index is 14.9. The average molecular weight is 442 g/mol. The summed E-state index contributed by atoms with van der Waals surface area (Å²) in [5.74, 6) is -0.654. The van der Waals surface area contributed by atoms with Crippen LogP contribution in [0.1, 0.15) is 16.8 Å². The second-order valence-electron chi connectivity index (χ2n) is 7.63. The molecule has 3 heterocycles. The normalized spacial score (nSPS) is 15.5. The topological polar surface area (TPSA) is 77.3 Å². The van der Waals surface area contributed by atoms with Crippen molar-refractivity contribution in [2.24, 2.45) is 0 Å². The number of Topliss-reactive ketones (excluding diaryl/α,β-unsaturated/α-hetero) is 1. The molecular formula is C25H19FN4O3. The van der Waals surface area contributed by atoms with Crippen molar-refractivity contribution in [1.82, 2.24) is 14.8 Å². The minimum Gasteiger partial charge on any atom is -0.443 e. The average Bonchev–Trinajstić information content (AvgIpc) is 3.47. The second-order valence-corrected chi connectivity index (χ2v) is 7.63. The fourth-order valence-corrected chi connectivity index (χ4v) is 3.76. The van der Waals surface area contributed by atoms with Gasteiger partial charge in [0.15, 0.2) is 11.6 Å². The molecule has 164 valence electrons. The molecule has 1 amide bonds. The van der Waals surface area contributed by atoms with Crippen LogP contribution < -0.4 is 4.90 Å². The van der Waals surface area contributed by atoms with E-state index in [1.807, 2.05) is 24.3 Å². The Balaban J connectivity index is 1.31. The molecule has 1 fully saturated rings. The number of rotatable bonds is 6. The fourth-order valence-electron chi connectivity index (χ4n) is 3.76. The highest BCUT2D eigenvalue weighted by atomic mass is 19.1. The van der Waals surface area contributed by atoms with Crippen LogP contribution >= 0.6 is 0 Å². The molecule has 0 aliphatic carbocycles. The predicted molar refractivity (Wildman–Crippen MR) is 120 cm³/mol. The van der Waals surface area contributed by atoms with Crippen LogP contribution in [-0.2, 0) is 4.74 Å². The Hall–Kier alpha value is -4.33. The number of amides is 1.